The van der Waals surface area contributed by atoms with E-state index in [-0.39, 0.29) is 12.0 Å². The fourth-order valence-corrected chi connectivity index (χ4v) is 3.20. The largest absolute Gasteiger partial charge is 0.375 e. The number of benzene rings is 1. The van der Waals surface area contributed by atoms with Crippen LogP contribution in [0.3, 0.4) is 0 Å². The normalized spacial score (nSPS) is 17.6. The molecule has 4 rings (SSSR count). The number of hydrogen-bond donors (Lipinski definition) is 0. The van der Waals surface area contributed by atoms with Crippen molar-refractivity contribution in [1.29, 1.82) is 0 Å². The SMILES string of the molecule is C[C@@H]1CN(C(=O)c2cc(-c3ccncc3)nc3ccccc23)CCO1. The van der Waals surface area contributed by atoms with Crippen molar-refractivity contribution in [3.8, 4) is 11.3 Å². The van der Waals surface area contributed by atoms with E-state index >= 15 is 0 Å². The number of carbonyl (C=O) groups excluding carboxylic acids is 1. The van der Waals surface area contributed by atoms with E-state index in [4.69, 9.17) is 9.72 Å². The van der Waals surface area contributed by atoms with Crippen molar-refractivity contribution in [3.63, 3.8) is 0 Å². The second-order valence-electron chi connectivity index (χ2n) is 6.24. The van der Waals surface area contributed by atoms with E-state index in [1.807, 2.05) is 54.3 Å². The number of amides is 1. The fourth-order valence-electron chi connectivity index (χ4n) is 3.20. The van der Waals surface area contributed by atoms with Gasteiger partial charge < -0.3 is 9.64 Å². The van der Waals surface area contributed by atoms with Gasteiger partial charge in [0.1, 0.15) is 0 Å². The molecule has 1 aliphatic rings. The molecule has 1 aromatic carbocycles. The molecule has 1 aliphatic heterocycles. The van der Waals surface area contributed by atoms with Gasteiger partial charge in [-0.1, -0.05) is 18.2 Å². The van der Waals surface area contributed by atoms with Crippen LogP contribution in [0.25, 0.3) is 22.2 Å². The molecule has 1 atom stereocenters. The average molecular weight is 333 g/mol. The summed E-state index contributed by atoms with van der Waals surface area (Å²) in [6, 6.07) is 13.5. The van der Waals surface area contributed by atoms with Gasteiger partial charge in [0, 0.05) is 36.4 Å². The lowest BCUT2D eigenvalue weighted by atomic mass is 10.0. The van der Waals surface area contributed by atoms with E-state index in [1.165, 1.54) is 0 Å². The first-order valence-electron chi connectivity index (χ1n) is 8.43. The number of carbonyl (C=O) groups is 1. The summed E-state index contributed by atoms with van der Waals surface area (Å²) in [5.41, 5.74) is 3.24. The third-order valence-electron chi connectivity index (χ3n) is 4.45. The smallest absolute Gasteiger partial charge is 0.254 e. The van der Waals surface area contributed by atoms with E-state index in [2.05, 4.69) is 4.98 Å². The maximum atomic E-state index is 13.2. The molecule has 0 saturated carbocycles. The summed E-state index contributed by atoms with van der Waals surface area (Å²) in [5, 5.41) is 0.879. The molecule has 1 amide bonds. The third-order valence-corrected chi connectivity index (χ3v) is 4.45. The van der Waals surface area contributed by atoms with Gasteiger partial charge in [-0.15, -0.1) is 0 Å². The third kappa shape index (κ3) is 3.10. The lowest BCUT2D eigenvalue weighted by molar-refractivity contribution is -0.0123. The molecule has 0 unspecified atom stereocenters. The van der Waals surface area contributed by atoms with Gasteiger partial charge >= 0.3 is 0 Å². The zero-order valence-electron chi connectivity index (χ0n) is 14.1. The topological polar surface area (TPSA) is 55.3 Å². The second-order valence-corrected chi connectivity index (χ2v) is 6.24. The minimum atomic E-state index is 0.0315. The molecule has 5 heteroatoms. The van der Waals surface area contributed by atoms with Crippen molar-refractivity contribution in [1.82, 2.24) is 14.9 Å². The fraction of sp³-hybridized carbons (Fsp3) is 0.250. The predicted molar refractivity (Wildman–Crippen MR) is 96.3 cm³/mol. The van der Waals surface area contributed by atoms with E-state index in [9.17, 15) is 4.79 Å². The lowest BCUT2D eigenvalue weighted by Gasteiger charge is -2.31. The zero-order chi connectivity index (χ0) is 17.2. The van der Waals surface area contributed by atoms with Gasteiger partial charge in [-0.25, -0.2) is 4.98 Å². The molecule has 5 nitrogen and oxygen atoms in total. The number of morpholine rings is 1. The van der Waals surface area contributed by atoms with Crippen LogP contribution in [-0.4, -0.2) is 46.6 Å². The van der Waals surface area contributed by atoms with Crippen LogP contribution < -0.4 is 0 Å². The van der Waals surface area contributed by atoms with Crippen LogP contribution >= 0.6 is 0 Å². The van der Waals surface area contributed by atoms with Crippen molar-refractivity contribution in [3.05, 3.63) is 60.4 Å². The summed E-state index contributed by atoms with van der Waals surface area (Å²) in [6.07, 6.45) is 3.53. The molecular formula is C20H19N3O2. The summed E-state index contributed by atoms with van der Waals surface area (Å²) in [7, 11) is 0. The van der Waals surface area contributed by atoms with Crippen LogP contribution in [-0.2, 0) is 4.74 Å². The Labute approximate surface area is 146 Å². The van der Waals surface area contributed by atoms with Crippen molar-refractivity contribution >= 4 is 16.8 Å². The molecular weight excluding hydrogens is 314 g/mol. The monoisotopic (exact) mass is 333 g/mol. The van der Waals surface area contributed by atoms with Crippen molar-refractivity contribution in [2.24, 2.45) is 0 Å². The number of hydrogen-bond acceptors (Lipinski definition) is 4. The molecule has 2 aromatic heterocycles. The van der Waals surface area contributed by atoms with Gasteiger partial charge in [-0.2, -0.15) is 0 Å². The second kappa shape index (κ2) is 6.61. The number of pyridine rings is 2. The van der Waals surface area contributed by atoms with Crippen LogP contribution in [0.2, 0.25) is 0 Å². The minimum Gasteiger partial charge on any atom is -0.375 e. The number of nitrogens with zero attached hydrogens (tertiary/aromatic N) is 3. The van der Waals surface area contributed by atoms with Gasteiger partial charge in [0.05, 0.1) is 29.5 Å². The summed E-state index contributed by atoms with van der Waals surface area (Å²) in [5.74, 6) is 0.0315. The molecule has 0 radical (unpaired) electrons. The minimum absolute atomic E-state index is 0.0315. The average Bonchev–Trinajstić information content (AvgIpc) is 2.67. The molecule has 0 aliphatic carbocycles. The van der Waals surface area contributed by atoms with Crippen molar-refractivity contribution in [2.45, 2.75) is 13.0 Å². The van der Waals surface area contributed by atoms with E-state index < -0.39 is 0 Å². The Bertz CT molecular complexity index is 911. The number of rotatable bonds is 2. The highest BCUT2D eigenvalue weighted by molar-refractivity contribution is 6.07. The van der Waals surface area contributed by atoms with Gasteiger partial charge in [0.2, 0.25) is 0 Å². The standard InChI is InChI=1S/C20H19N3O2/c1-14-13-23(10-11-25-14)20(24)17-12-19(15-6-8-21-9-7-15)22-18-5-3-2-4-16(17)18/h2-9,12,14H,10-11,13H2,1H3/t14-/m1/s1. The van der Waals surface area contributed by atoms with E-state index in [1.54, 1.807) is 12.4 Å². The van der Waals surface area contributed by atoms with Crippen LogP contribution in [0, 0.1) is 0 Å². The Morgan fingerprint density at radius 1 is 1.20 bits per heavy atom. The molecule has 0 spiro atoms. The van der Waals surface area contributed by atoms with Gasteiger partial charge in [-0.05, 0) is 31.2 Å². The Morgan fingerprint density at radius 2 is 2.00 bits per heavy atom. The zero-order valence-corrected chi connectivity index (χ0v) is 14.1. The number of para-hydroxylation sites is 1. The van der Waals surface area contributed by atoms with Crippen molar-refractivity contribution in [2.75, 3.05) is 19.7 Å². The first-order valence-corrected chi connectivity index (χ1v) is 8.43. The number of aromatic nitrogens is 2. The quantitative estimate of drug-likeness (QED) is 0.723. The molecule has 3 heterocycles. The molecule has 1 saturated heterocycles. The molecule has 1 fully saturated rings. The van der Waals surface area contributed by atoms with Gasteiger partial charge in [-0.3, -0.25) is 9.78 Å². The Balaban J connectivity index is 1.82. The van der Waals surface area contributed by atoms with Crippen LogP contribution in [0.4, 0.5) is 0 Å². The summed E-state index contributed by atoms with van der Waals surface area (Å²) in [6.45, 7) is 3.80. The first kappa shape index (κ1) is 15.7. The molecule has 3 aromatic rings. The van der Waals surface area contributed by atoms with Crippen LogP contribution in [0.1, 0.15) is 17.3 Å². The highest BCUT2D eigenvalue weighted by Crippen LogP contribution is 2.26. The lowest BCUT2D eigenvalue weighted by Crippen LogP contribution is -2.44. The first-order chi connectivity index (χ1) is 12.2. The highest BCUT2D eigenvalue weighted by Gasteiger charge is 2.24. The summed E-state index contributed by atoms with van der Waals surface area (Å²) < 4.78 is 5.56. The Hall–Kier alpha value is -2.79. The van der Waals surface area contributed by atoms with Crippen LogP contribution in [0.5, 0.6) is 0 Å². The number of fused-ring (bicyclic) bond motifs is 1. The maximum Gasteiger partial charge on any atom is 0.254 e. The maximum absolute atomic E-state index is 13.2. The molecule has 126 valence electrons. The summed E-state index contributed by atoms with van der Waals surface area (Å²) in [4.78, 5) is 23.8. The molecule has 25 heavy (non-hydrogen) atoms. The molecule has 0 bridgehead atoms. The molecule has 0 N–H and O–H groups in total. The Morgan fingerprint density at radius 3 is 2.80 bits per heavy atom. The summed E-state index contributed by atoms with van der Waals surface area (Å²) >= 11 is 0. The van der Waals surface area contributed by atoms with Gasteiger partial charge in [0.25, 0.3) is 5.91 Å². The van der Waals surface area contributed by atoms with Gasteiger partial charge in [0.15, 0.2) is 0 Å². The van der Waals surface area contributed by atoms with Crippen LogP contribution in [0.15, 0.2) is 54.9 Å². The van der Waals surface area contributed by atoms with E-state index in [0.717, 1.165) is 22.2 Å². The van der Waals surface area contributed by atoms with E-state index in [0.29, 0.717) is 25.3 Å². The number of ether oxygens (including phenoxy) is 1. The Kier molecular flexibility index (Phi) is 4.15. The predicted octanol–water partition coefficient (Wildman–Crippen LogP) is 3.16. The van der Waals surface area contributed by atoms with Crippen molar-refractivity contribution < 1.29 is 9.53 Å². The highest BCUT2D eigenvalue weighted by atomic mass is 16.5.